The number of Topliss-reactive ketones (excluding diaryl/α,β-unsaturated/α-hetero) is 4. The molecule has 0 bridgehead atoms. The van der Waals surface area contributed by atoms with E-state index >= 15 is 0 Å². The third-order valence-corrected chi connectivity index (χ3v) is 5.30. The largest absolute Gasteiger partial charge is 0.329 e. The first kappa shape index (κ1) is 15.6. The van der Waals surface area contributed by atoms with Crippen LogP contribution in [0.3, 0.4) is 0 Å². The Hall–Kier alpha value is -2.96. The van der Waals surface area contributed by atoms with E-state index in [9.17, 15) is 19.2 Å². The average molecular weight is 334 g/mol. The molecule has 0 atom stereocenters. The lowest BCUT2D eigenvalue weighted by Crippen LogP contribution is -2.70. The highest BCUT2D eigenvalue weighted by Gasteiger charge is 2.71. The third-order valence-electron chi connectivity index (χ3n) is 5.30. The minimum atomic E-state index is -2.33. The quantitative estimate of drug-likeness (QED) is 0.783. The lowest BCUT2D eigenvalue weighted by atomic mass is 9.63. The molecule has 2 aromatic rings. The van der Waals surface area contributed by atoms with Crippen molar-refractivity contribution in [3.05, 3.63) is 70.8 Å². The second-order valence-corrected chi connectivity index (χ2v) is 6.33. The number of carbonyl (C=O) groups is 4. The zero-order valence-corrected chi connectivity index (χ0v) is 13.1. The summed E-state index contributed by atoms with van der Waals surface area (Å²) >= 11 is 0. The van der Waals surface area contributed by atoms with E-state index < -0.39 is 40.6 Å². The van der Waals surface area contributed by atoms with Crippen molar-refractivity contribution in [1.82, 2.24) is 0 Å². The van der Waals surface area contributed by atoms with E-state index in [1.807, 2.05) is 0 Å². The SMILES string of the molecule is NCC1(C2(N)C(=O)c3ccccc3C2=O)C(=O)c2ccccc2C1=O. The molecule has 25 heavy (non-hydrogen) atoms. The van der Waals surface area contributed by atoms with Crippen LogP contribution in [0.15, 0.2) is 48.5 Å². The maximum Gasteiger partial charge on any atom is 0.192 e. The van der Waals surface area contributed by atoms with E-state index in [0.29, 0.717) is 0 Å². The molecule has 0 heterocycles. The van der Waals surface area contributed by atoms with Crippen molar-refractivity contribution in [2.75, 3.05) is 6.54 Å². The average Bonchev–Trinajstić information content (AvgIpc) is 2.99. The molecule has 2 aliphatic carbocycles. The number of hydrogen-bond donors (Lipinski definition) is 2. The number of carbonyl (C=O) groups excluding carboxylic acids is 4. The molecule has 0 fully saturated rings. The van der Waals surface area contributed by atoms with Gasteiger partial charge in [-0.2, -0.15) is 0 Å². The molecule has 2 aromatic carbocycles. The summed E-state index contributed by atoms with van der Waals surface area (Å²) in [6, 6.07) is 12.3. The Morgan fingerprint density at radius 1 is 0.640 bits per heavy atom. The molecular formula is C19H14N2O4. The fraction of sp³-hybridized carbons (Fsp3) is 0.158. The number of nitrogens with two attached hydrogens (primary N) is 2. The highest BCUT2D eigenvalue weighted by atomic mass is 16.2. The molecule has 0 spiro atoms. The summed E-state index contributed by atoms with van der Waals surface area (Å²) in [6.07, 6.45) is 0. The molecule has 0 aromatic heterocycles. The smallest absolute Gasteiger partial charge is 0.192 e. The van der Waals surface area contributed by atoms with Crippen molar-refractivity contribution >= 4 is 23.1 Å². The summed E-state index contributed by atoms with van der Waals surface area (Å²) in [5.41, 5.74) is 8.16. The maximum atomic E-state index is 13.1. The Morgan fingerprint density at radius 3 is 1.28 bits per heavy atom. The van der Waals surface area contributed by atoms with E-state index in [0.717, 1.165) is 0 Å². The standard InChI is InChI=1S/C19H14N2O4/c20-9-18(14(22)10-5-1-2-6-11(10)15(18)23)19(21)16(24)12-7-3-4-8-13(12)17(19)25/h1-8H,9,20-21H2. The Balaban J connectivity index is 2.01. The third kappa shape index (κ3) is 1.51. The number of rotatable bonds is 2. The van der Waals surface area contributed by atoms with Gasteiger partial charge >= 0.3 is 0 Å². The van der Waals surface area contributed by atoms with Gasteiger partial charge in [-0.15, -0.1) is 0 Å². The van der Waals surface area contributed by atoms with E-state index in [2.05, 4.69) is 0 Å². The van der Waals surface area contributed by atoms with Crippen molar-refractivity contribution in [2.45, 2.75) is 5.54 Å². The molecule has 0 unspecified atom stereocenters. The van der Waals surface area contributed by atoms with Gasteiger partial charge in [0.2, 0.25) is 0 Å². The Labute approximate surface area is 142 Å². The topological polar surface area (TPSA) is 120 Å². The van der Waals surface area contributed by atoms with Crippen LogP contribution in [0, 0.1) is 5.41 Å². The van der Waals surface area contributed by atoms with Crippen molar-refractivity contribution in [2.24, 2.45) is 16.9 Å². The van der Waals surface area contributed by atoms with Crippen molar-refractivity contribution in [3.63, 3.8) is 0 Å². The van der Waals surface area contributed by atoms with Crippen molar-refractivity contribution < 1.29 is 19.2 Å². The van der Waals surface area contributed by atoms with Gasteiger partial charge in [-0.05, 0) is 0 Å². The van der Waals surface area contributed by atoms with Crippen LogP contribution in [0.2, 0.25) is 0 Å². The molecule has 4 rings (SSSR count). The Bertz CT molecular complexity index is 922. The highest BCUT2D eigenvalue weighted by Crippen LogP contribution is 2.48. The summed E-state index contributed by atoms with van der Waals surface area (Å²) in [5, 5.41) is 0. The summed E-state index contributed by atoms with van der Waals surface area (Å²) in [4.78, 5) is 52.3. The molecule has 0 saturated heterocycles. The summed E-state index contributed by atoms with van der Waals surface area (Å²) in [6.45, 7) is -0.526. The molecule has 4 N–H and O–H groups in total. The normalized spacial score (nSPS) is 19.9. The predicted molar refractivity (Wildman–Crippen MR) is 88.6 cm³/mol. The maximum absolute atomic E-state index is 13.1. The molecule has 0 radical (unpaired) electrons. The molecule has 124 valence electrons. The minimum Gasteiger partial charge on any atom is -0.329 e. The molecule has 2 aliphatic rings. The second-order valence-electron chi connectivity index (χ2n) is 6.33. The monoisotopic (exact) mass is 334 g/mol. The summed E-state index contributed by atoms with van der Waals surface area (Å²) < 4.78 is 0. The fourth-order valence-electron chi connectivity index (χ4n) is 3.94. The molecular weight excluding hydrogens is 320 g/mol. The van der Waals surface area contributed by atoms with Gasteiger partial charge in [0.1, 0.15) is 5.41 Å². The van der Waals surface area contributed by atoms with Gasteiger partial charge in [0.15, 0.2) is 28.7 Å². The van der Waals surface area contributed by atoms with E-state index in [-0.39, 0.29) is 22.3 Å². The molecule has 6 heteroatoms. The predicted octanol–water partition coefficient (Wildman–Crippen LogP) is 0.787. The lowest BCUT2D eigenvalue weighted by Gasteiger charge is -2.37. The van der Waals surface area contributed by atoms with Crippen molar-refractivity contribution in [1.29, 1.82) is 0 Å². The van der Waals surface area contributed by atoms with Gasteiger partial charge in [0.25, 0.3) is 0 Å². The molecule has 6 nitrogen and oxygen atoms in total. The van der Waals surface area contributed by atoms with Crippen LogP contribution >= 0.6 is 0 Å². The lowest BCUT2D eigenvalue weighted by molar-refractivity contribution is 0.0464. The number of benzene rings is 2. The van der Waals surface area contributed by atoms with Crippen LogP contribution in [-0.2, 0) is 0 Å². The number of fused-ring (bicyclic) bond motifs is 2. The molecule has 0 amide bonds. The molecule has 0 saturated carbocycles. The second kappa shape index (κ2) is 4.78. The zero-order chi connectivity index (χ0) is 18.0. The Morgan fingerprint density at radius 2 is 0.960 bits per heavy atom. The highest BCUT2D eigenvalue weighted by molar-refractivity contribution is 6.42. The van der Waals surface area contributed by atoms with Crippen LogP contribution < -0.4 is 11.5 Å². The number of ketones is 4. The zero-order valence-electron chi connectivity index (χ0n) is 13.1. The van der Waals surface area contributed by atoms with E-state index in [1.165, 1.54) is 24.3 Å². The first-order chi connectivity index (χ1) is 11.9. The van der Waals surface area contributed by atoms with E-state index in [4.69, 9.17) is 11.5 Å². The first-order valence-electron chi connectivity index (χ1n) is 7.77. The van der Waals surface area contributed by atoms with E-state index in [1.54, 1.807) is 24.3 Å². The number of hydrogen-bond acceptors (Lipinski definition) is 6. The minimum absolute atomic E-state index is 0.111. The van der Waals surface area contributed by atoms with Gasteiger partial charge in [-0.3, -0.25) is 19.2 Å². The van der Waals surface area contributed by atoms with Gasteiger partial charge in [-0.25, -0.2) is 0 Å². The van der Waals surface area contributed by atoms with Gasteiger partial charge in [0.05, 0.1) is 0 Å². The van der Waals surface area contributed by atoms with Crippen molar-refractivity contribution in [3.8, 4) is 0 Å². The van der Waals surface area contributed by atoms with Crippen LogP contribution in [-0.4, -0.2) is 35.2 Å². The summed E-state index contributed by atoms with van der Waals surface area (Å²) in [5.74, 6) is -2.83. The molecule has 0 aliphatic heterocycles. The van der Waals surface area contributed by atoms with Crippen LogP contribution in [0.5, 0.6) is 0 Å². The van der Waals surface area contributed by atoms with Crippen LogP contribution in [0.1, 0.15) is 41.4 Å². The Kier molecular flexibility index (Phi) is 2.98. The van der Waals surface area contributed by atoms with Crippen LogP contribution in [0.25, 0.3) is 0 Å². The van der Waals surface area contributed by atoms with Crippen LogP contribution in [0.4, 0.5) is 0 Å². The first-order valence-corrected chi connectivity index (χ1v) is 7.77. The van der Waals surface area contributed by atoms with Gasteiger partial charge in [0, 0.05) is 28.8 Å². The van der Waals surface area contributed by atoms with Gasteiger partial charge < -0.3 is 11.5 Å². The fourth-order valence-corrected chi connectivity index (χ4v) is 3.94. The van der Waals surface area contributed by atoms with Gasteiger partial charge in [-0.1, -0.05) is 48.5 Å². The summed E-state index contributed by atoms with van der Waals surface area (Å²) in [7, 11) is 0.